The highest BCUT2D eigenvalue weighted by molar-refractivity contribution is 5.22. The van der Waals surface area contributed by atoms with Gasteiger partial charge in [0.1, 0.15) is 0 Å². The summed E-state index contributed by atoms with van der Waals surface area (Å²) in [6.07, 6.45) is 1.20. The van der Waals surface area contributed by atoms with Gasteiger partial charge in [-0.05, 0) is 38.4 Å². The van der Waals surface area contributed by atoms with Crippen molar-refractivity contribution < 1.29 is 0 Å². The number of hydrogen-bond donors (Lipinski definition) is 1. The molecule has 0 radical (unpaired) electrons. The summed E-state index contributed by atoms with van der Waals surface area (Å²) in [6.45, 7) is 10.0. The Bertz CT molecular complexity index is 362. The molecule has 1 unspecified atom stereocenters. The largest absolute Gasteiger partial charge is 0.319 e. The number of nitrogens with one attached hydrogen (secondary N) is 1. The molecule has 2 heteroatoms. The van der Waals surface area contributed by atoms with Gasteiger partial charge >= 0.3 is 0 Å². The molecule has 0 aromatic heterocycles. The molecular weight excluding hydrogens is 220 g/mol. The summed E-state index contributed by atoms with van der Waals surface area (Å²) in [4.78, 5) is 2.43. The Kier molecular flexibility index (Phi) is 5.83. The van der Waals surface area contributed by atoms with Crippen LogP contribution in [0.2, 0.25) is 0 Å². The summed E-state index contributed by atoms with van der Waals surface area (Å²) < 4.78 is 0. The van der Waals surface area contributed by atoms with Crippen LogP contribution in [0.3, 0.4) is 0 Å². The van der Waals surface area contributed by atoms with Crippen LogP contribution in [-0.4, -0.2) is 32.1 Å². The highest BCUT2D eigenvalue weighted by atomic mass is 15.1. The molecule has 0 fully saturated rings. The third-order valence-electron chi connectivity index (χ3n) is 3.64. The molecule has 0 aliphatic rings. The van der Waals surface area contributed by atoms with Gasteiger partial charge in [0.15, 0.2) is 0 Å². The molecule has 18 heavy (non-hydrogen) atoms. The van der Waals surface area contributed by atoms with Gasteiger partial charge in [-0.15, -0.1) is 0 Å². The van der Waals surface area contributed by atoms with E-state index in [4.69, 9.17) is 0 Å². The van der Waals surface area contributed by atoms with Crippen LogP contribution in [0.5, 0.6) is 0 Å². The van der Waals surface area contributed by atoms with Gasteiger partial charge < -0.3 is 10.2 Å². The predicted molar refractivity (Wildman–Crippen MR) is 79.8 cm³/mol. The van der Waals surface area contributed by atoms with Gasteiger partial charge in [-0.1, -0.05) is 43.7 Å². The third kappa shape index (κ3) is 4.79. The zero-order valence-electron chi connectivity index (χ0n) is 12.6. The molecule has 0 saturated heterocycles. The van der Waals surface area contributed by atoms with Gasteiger partial charge in [0, 0.05) is 19.6 Å². The maximum absolute atomic E-state index is 3.31. The SMILES string of the molecule is CCC(C)(CNC)CN(C)Cc1cccc(C)c1. The van der Waals surface area contributed by atoms with Crippen molar-refractivity contribution >= 4 is 0 Å². The van der Waals surface area contributed by atoms with E-state index in [9.17, 15) is 0 Å². The second-order valence-corrected chi connectivity index (χ2v) is 5.86. The lowest BCUT2D eigenvalue weighted by Crippen LogP contribution is -2.39. The van der Waals surface area contributed by atoms with Crippen molar-refractivity contribution in [3.63, 3.8) is 0 Å². The summed E-state index contributed by atoms with van der Waals surface area (Å²) in [6, 6.07) is 8.79. The van der Waals surface area contributed by atoms with Crippen LogP contribution in [0.1, 0.15) is 31.4 Å². The molecule has 1 rings (SSSR count). The smallest absolute Gasteiger partial charge is 0.0231 e. The summed E-state index contributed by atoms with van der Waals surface area (Å²) >= 11 is 0. The van der Waals surface area contributed by atoms with Gasteiger partial charge in [-0.2, -0.15) is 0 Å². The standard InChI is InChI=1S/C16H28N2/c1-6-16(3,12-17-4)13-18(5)11-15-9-7-8-14(2)10-15/h7-10,17H,6,11-13H2,1-5H3. The minimum absolute atomic E-state index is 0.354. The summed E-state index contributed by atoms with van der Waals surface area (Å²) in [5, 5.41) is 3.31. The molecule has 0 aliphatic heterocycles. The maximum Gasteiger partial charge on any atom is 0.0231 e. The first-order chi connectivity index (χ1) is 8.49. The van der Waals surface area contributed by atoms with Crippen LogP contribution in [0.25, 0.3) is 0 Å². The molecule has 0 aliphatic carbocycles. The van der Waals surface area contributed by atoms with Crippen LogP contribution in [0, 0.1) is 12.3 Å². The first-order valence-corrected chi connectivity index (χ1v) is 6.88. The van der Waals surface area contributed by atoms with Crippen LogP contribution >= 0.6 is 0 Å². The minimum atomic E-state index is 0.354. The second kappa shape index (κ2) is 6.91. The monoisotopic (exact) mass is 248 g/mol. The zero-order chi connectivity index (χ0) is 13.6. The average Bonchev–Trinajstić information content (AvgIpc) is 2.29. The van der Waals surface area contributed by atoms with Crippen molar-refractivity contribution in [2.75, 3.05) is 27.2 Å². The fourth-order valence-corrected chi connectivity index (χ4v) is 2.55. The highest BCUT2D eigenvalue weighted by Gasteiger charge is 2.22. The van der Waals surface area contributed by atoms with E-state index in [0.29, 0.717) is 5.41 Å². The van der Waals surface area contributed by atoms with E-state index >= 15 is 0 Å². The molecule has 0 heterocycles. The number of rotatable bonds is 7. The van der Waals surface area contributed by atoms with E-state index in [1.807, 2.05) is 7.05 Å². The molecule has 1 atom stereocenters. The number of benzene rings is 1. The zero-order valence-corrected chi connectivity index (χ0v) is 12.6. The van der Waals surface area contributed by atoms with E-state index in [-0.39, 0.29) is 0 Å². The molecule has 0 amide bonds. The van der Waals surface area contributed by atoms with E-state index in [2.05, 4.69) is 62.3 Å². The van der Waals surface area contributed by atoms with Gasteiger partial charge in [-0.25, -0.2) is 0 Å². The third-order valence-corrected chi connectivity index (χ3v) is 3.64. The number of nitrogens with zero attached hydrogens (tertiary/aromatic N) is 1. The molecule has 0 saturated carbocycles. The Hall–Kier alpha value is -0.860. The first kappa shape index (κ1) is 15.2. The second-order valence-electron chi connectivity index (χ2n) is 5.86. The topological polar surface area (TPSA) is 15.3 Å². The maximum atomic E-state index is 3.31. The van der Waals surface area contributed by atoms with Crippen molar-refractivity contribution in [3.8, 4) is 0 Å². The van der Waals surface area contributed by atoms with Gasteiger partial charge in [0.05, 0.1) is 0 Å². The molecule has 1 aromatic rings. The first-order valence-electron chi connectivity index (χ1n) is 6.88. The van der Waals surface area contributed by atoms with Crippen molar-refractivity contribution in [1.82, 2.24) is 10.2 Å². The lowest BCUT2D eigenvalue weighted by atomic mass is 9.87. The Morgan fingerprint density at radius 2 is 2.06 bits per heavy atom. The Morgan fingerprint density at radius 1 is 1.33 bits per heavy atom. The quantitative estimate of drug-likeness (QED) is 0.798. The normalized spacial score (nSPS) is 14.8. The molecule has 0 bridgehead atoms. The van der Waals surface area contributed by atoms with E-state index in [0.717, 1.165) is 19.6 Å². The Balaban J connectivity index is 2.57. The molecule has 2 nitrogen and oxygen atoms in total. The van der Waals surface area contributed by atoms with Crippen molar-refractivity contribution in [3.05, 3.63) is 35.4 Å². The van der Waals surface area contributed by atoms with E-state index in [1.165, 1.54) is 17.5 Å². The lowest BCUT2D eigenvalue weighted by Gasteiger charge is -2.33. The molecule has 1 N–H and O–H groups in total. The lowest BCUT2D eigenvalue weighted by molar-refractivity contribution is 0.178. The average molecular weight is 248 g/mol. The van der Waals surface area contributed by atoms with Crippen LogP contribution in [0.15, 0.2) is 24.3 Å². The molecule has 0 spiro atoms. The number of hydrogen-bond acceptors (Lipinski definition) is 2. The van der Waals surface area contributed by atoms with Gasteiger partial charge in [0.2, 0.25) is 0 Å². The Labute approximate surface area is 112 Å². The Morgan fingerprint density at radius 3 is 2.61 bits per heavy atom. The minimum Gasteiger partial charge on any atom is -0.319 e. The predicted octanol–water partition coefficient (Wildman–Crippen LogP) is 3.06. The molecule has 102 valence electrons. The summed E-state index contributed by atoms with van der Waals surface area (Å²) in [7, 11) is 4.25. The molecule has 1 aromatic carbocycles. The van der Waals surface area contributed by atoms with Crippen molar-refractivity contribution in [1.29, 1.82) is 0 Å². The van der Waals surface area contributed by atoms with Crippen LogP contribution in [-0.2, 0) is 6.54 Å². The highest BCUT2D eigenvalue weighted by Crippen LogP contribution is 2.21. The van der Waals surface area contributed by atoms with Crippen LogP contribution in [0.4, 0.5) is 0 Å². The number of aryl methyl sites for hydroxylation is 1. The van der Waals surface area contributed by atoms with E-state index in [1.54, 1.807) is 0 Å². The molecular formula is C16H28N2. The summed E-state index contributed by atoms with van der Waals surface area (Å²) in [5.41, 5.74) is 3.10. The van der Waals surface area contributed by atoms with Crippen molar-refractivity contribution in [2.45, 2.75) is 33.7 Å². The summed E-state index contributed by atoms with van der Waals surface area (Å²) in [5.74, 6) is 0. The fraction of sp³-hybridized carbons (Fsp3) is 0.625. The van der Waals surface area contributed by atoms with Crippen molar-refractivity contribution in [2.24, 2.45) is 5.41 Å². The van der Waals surface area contributed by atoms with Gasteiger partial charge in [-0.3, -0.25) is 0 Å². The van der Waals surface area contributed by atoms with E-state index < -0.39 is 0 Å². The van der Waals surface area contributed by atoms with Crippen LogP contribution < -0.4 is 5.32 Å². The van der Waals surface area contributed by atoms with Gasteiger partial charge in [0.25, 0.3) is 0 Å². The fourth-order valence-electron chi connectivity index (χ4n) is 2.55.